The van der Waals surface area contributed by atoms with Crippen molar-refractivity contribution >= 4 is 34.0 Å². The summed E-state index contributed by atoms with van der Waals surface area (Å²) < 4.78 is 26.1. The minimum atomic E-state index is -3.76. The number of sulfonamides is 1. The Morgan fingerprint density at radius 3 is 2.35 bits per heavy atom. The highest BCUT2D eigenvalue weighted by Crippen LogP contribution is 2.15. The van der Waals surface area contributed by atoms with Crippen molar-refractivity contribution in [2.45, 2.75) is 17.7 Å². The molecule has 0 unspecified atom stereocenters. The van der Waals surface area contributed by atoms with Crippen LogP contribution in [0.4, 0.5) is 5.69 Å². The van der Waals surface area contributed by atoms with E-state index in [9.17, 15) is 23.3 Å². The fourth-order valence-electron chi connectivity index (χ4n) is 1.57. The summed E-state index contributed by atoms with van der Waals surface area (Å²) >= 11 is 0. The van der Waals surface area contributed by atoms with Crippen LogP contribution in [0.1, 0.15) is 12.8 Å². The second-order valence-corrected chi connectivity index (χ2v) is 6.16. The van der Waals surface area contributed by atoms with E-state index in [4.69, 9.17) is 5.73 Å². The summed E-state index contributed by atoms with van der Waals surface area (Å²) in [6.07, 6.45) is 0.867. The Balaban J connectivity index is 0.00000484. The molecule has 11 heteroatoms. The number of amides is 1. The third-order valence-electron chi connectivity index (χ3n) is 2.71. The lowest BCUT2D eigenvalue weighted by atomic mass is 10.3. The van der Waals surface area contributed by atoms with Gasteiger partial charge in [-0.2, -0.15) is 0 Å². The second kappa shape index (κ2) is 10.1. The van der Waals surface area contributed by atoms with Gasteiger partial charge < -0.3 is 11.1 Å². The number of carbonyl (C=O) groups is 1. The maximum atomic E-state index is 11.9. The van der Waals surface area contributed by atoms with Gasteiger partial charge in [0, 0.05) is 31.6 Å². The Labute approximate surface area is 140 Å². The average Bonchev–Trinajstić information content (AvgIpc) is 2.49. The number of nitro benzene ring substituents is 1. The van der Waals surface area contributed by atoms with Crippen molar-refractivity contribution in [3.05, 3.63) is 34.4 Å². The third-order valence-corrected chi connectivity index (χ3v) is 4.18. The lowest BCUT2D eigenvalue weighted by molar-refractivity contribution is -0.384. The molecular formula is C12H19ClN4O5S. The number of rotatable bonds is 9. The summed E-state index contributed by atoms with van der Waals surface area (Å²) in [6, 6.07) is 4.53. The van der Waals surface area contributed by atoms with Crippen molar-refractivity contribution in [3.8, 4) is 0 Å². The van der Waals surface area contributed by atoms with Crippen LogP contribution in [0.2, 0.25) is 0 Å². The molecule has 0 radical (unpaired) electrons. The first-order chi connectivity index (χ1) is 10.4. The molecule has 0 saturated heterocycles. The van der Waals surface area contributed by atoms with Gasteiger partial charge >= 0.3 is 0 Å². The van der Waals surface area contributed by atoms with E-state index in [1.54, 1.807) is 0 Å². The molecule has 0 fully saturated rings. The number of halogens is 1. The fourth-order valence-corrected chi connectivity index (χ4v) is 2.60. The standard InChI is InChI=1S/C12H18N4O5S.ClH/c13-7-1-2-12(17)14-8-9-15-22(20,21)11-5-3-10(4-6-11)16(18)19;/h3-6,15H,1-2,7-9,13H2,(H,14,17);1H. The minimum Gasteiger partial charge on any atom is -0.355 e. The first kappa shape index (κ1) is 21.2. The summed E-state index contributed by atoms with van der Waals surface area (Å²) in [5.41, 5.74) is 5.08. The Morgan fingerprint density at radius 1 is 1.22 bits per heavy atom. The number of carbonyl (C=O) groups excluding carboxylic acids is 1. The molecule has 0 aliphatic rings. The highest BCUT2D eigenvalue weighted by Gasteiger charge is 2.15. The maximum Gasteiger partial charge on any atom is 0.269 e. The molecule has 1 aromatic carbocycles. The van der Waals surface area contributed by atoms with Gasteiger partial charge in [-0.15, -0.1) is 12.4 Å². The lowest BCUT2D eigenvalue weighted by Crippen LogP contribution is -2.34. The molecule has 4 N–H and O–H groups in total. The van der Waals surface area contributed by atoms with Crippen molar-refractivity contribution in [3.63, 3.8) is 0 Å². The van der Waals surface area contributed by atoms with Gasteiger partial charge in [0.2, 0.25) is 15.9 Å². The summed E-state index contributed by atoms with van der Waals surface area (Å²) in [5, 5.41) is 13.1. The molecule has 0 aliphatic heterocycles. The van der Waals surface area contributed by atoms with Gasteiger partial charge in [0.25, 0.3) is 5.69 Å². The number of hydrogen-bond acceptors (Lipinski definition) is 6. The number of nitrogens with one attached hydrogen (secondary N) is 2. The molecule has 0 saturated carbocycles. The minimum absolute atomic E-state index is 0. The fraction of sp³-hybridized carbons (Fsp3) is 0.417. The molecule has 23 heavy (non-hydrogen) atoms. The number of hydrogen-bond donors (Lipinski definition) is 3. The molecular weight excluding hydrogens is 348 g/mol. The first-order valence-electron chi connectivity index (χ1n) is 6.57. The predicted molar refractivity (Wildman–Crippen MR) is 86.8 cm³/mol. The molecule has 130 valence electrons. The van der Waals surface area contributed by atoms with E-state index < -0.39 is 14.9 Å². The number of nitrogens with zero attached hydrogens (tertiary/aromatic N) is 1. The van der Waals surface area contributed by atoms with E-state index in [1.165, 1.54) is 0 Å². The number of non-ortho nitro benzene ring substituents is 1. The zero-order valence-electron chi connectivity index (χ0n) is 12.2. The van der Waals surface area contributed by atoms with Crippen LogP contribution in [-0.2, 0) is 14.8 Å². The van der Waals surface area contributed by atoms with Gasteiger partial charge in [0.05, 0.1) is 9.82 Å². The lowest BCUT2D eigenvalue weighted by Gasteiger charge is -2.08. The van der Waals surface area contributed by atoms with Crippen LogP contribution in [0, 0.1) is 10.1 Å². The largest absolute Gasteiger partial charge is 0.355 e. The SMILES string of the molecule is Cl.NCCCC(=O)NCCNS(=O)(=O)c1ccc([N+](=O)[O-])cc1. The molecule has 9 nitrogen and oxygen atoms in total. The maximum absolute atomic E-state index is 11.9. The molecule has 0 aromatic heterocycles. The van der Waals surface area contributed by atoms with Gasteiger partial charge in [-0.1, -0.05) is 0 Å². The highest BCUT2D eigenvalue weighted by atomic mass is 35.5. The Kier molecular flexibility index (Phi) is 9.34. The van der Waals surface area contributed by atoms with Crippen LogP contribution in [-0.4, -0.2) is 38.9 Å². The molecule has 0 spiro atoms. The van der Waals surface area contributed by atoms with Gasteiger partial charge in [0.1, 0.15) is 0 Å². The summed E-state index contributed by atoms with van der Waals surface area (Å²) in [6.45, 7) is 0.587. The Hall–Kier alpha value is -1.75. The van der Waals surface area contributed by atoms with Gasteiger partial charge in [-0.25, -0.2) is 13.1 Å². The van der Waals surface area contributed by atoms with Crippen molar-refractivity contribution in [1.29, 1.82) is 0 Å². The summed E-state index contributed by atoms with van der Waals surface area (Å²) in [5.74, 6) is -0.194. The predicted octanol–water partition coefficient (Wildman–Crippen LogP) is 0.150. The van der Waals surface area contributed by atoms with Crippen molar-refractivity contribution in [2.75, 3.05) is 19.6 Å². The quantitative estimate of drug-likeness (QED) is 0.322. The monoisotopic (exact) mass is 366 g/mol. The van der Waals surface area contributed by atoms with Crippen LogP contribution in [0.3, 0.4) is 0 Å². The Morgan fingerprint density at radius 2 is 1.83 bits per heavy atom. The molecule has 0 atom stereocenters. The molecule has 1 amide bonds. The van der Waals surface area contributed by atoms with E-state index in [1.807, 2.05) is 0 Å². The highest BCUT2D eigenvalue weighted by molar-refractivity contribution is 7.89. The van der Waals surface area contributed by atoms with Crippen molar-refractivity contribution in [1.82, 2.24) is 10.0 Å². The molecule has 1 rings (SSSR count). The second-order valence-electron chi connectivity index (χ2n) is 4.39. The van der Waals surface area contributed by atoms with Gasteiger partial charge in [0.15, 0.2) is 0 Å². The first-order valence-corrected chi connectivity index (χ1v) is 8.06. The molecule has 0 aliphatic carbocycles. The normalized spacial score (nSPS) is 10.7. The Bertz CT molecular complexity index is 621. The molecule has 0 heterocycles. The van der Waals surface area contributed by atoms with E-state index in [2.05, 4.69) is 10.0 Å². The number of nitro groups is 1. The van der Waals surface area contributed by atoms with Gasteiger partial charge in [-0.05, 0) is 25.1 Å². The van der Waals surface area contributed by atoms with Crippen LogP contribution in [0.15, 0.2) is 29.2 Å². The number of benzene rings is 1. The van der Waals surface area contributed by atoms with Crippen LogP contribution in [0.25, 0.3) is 0 Å². The number of nitrogens with two attached hydrogens (primary N) is 1. The van der Waals surface area contributed by atoms with Gasteiger partial charge in [-0.3, -0.25) is 14.9 Å². The van der Waals surface area contributed by atoms with Crippen molar-refractivity contribution < 1.29 is 18.1 Å². The zero-order chi connectivity index (χ0) is 16.6. The van der Waals surface area contributed by atoms with E-state index in [0.717, 1.165) is 24.3 Å². The summed E-state index contributed by atoms with van der Waals surface area (Å²) in [7, 11) is -3.76. The van der Waals surface area contributed by atoms with E-state index in [0.29, 0.717) is 19.4 Å². The van der Waals surface area contributed by atoms with Crippen LogP contribution in [0.5, 0.6) is 0 Å². The molecule has 0 bridgehead atoms. The topological polar surface area (TPSA) is 144 Å². The zero-order valence-corrected chi connectivity index (χ0v) is 13.9. The third kappa shape index (κ3) is 7.37. The van der Waals surface area contributed by atoms with E-state index >= 15 is 0 Å². The van der Waals surface area contributed by atoms with Crippen LogP contribution < -0.4 is 15.8 Å². The van der Waals surface area contributed by atoms with E-state index in [-0.39, 0.29) is 42.0 Å². The van der Waals surface area contributed by atoms with Crippen LogP contribution >= 0.6 is 12.4 Å². The summed E-state index contributed by atoms with van der Waals surface area (Å²) in [4.78, 5) is 21.1. The molecule has 1 aromatic rings. The average molecular weight is 367 g/mol. The smallest absolute Gasteiger partial charge is 0.269 e. The van der Waals surface area contributed by atoms with Crippen molar-refractivity contribution in [2.24, 2.45) is 5.73 Å².